The highest BCUT2D eigenvalue weighted by Crippen LogP contribution is 2.13. The first-order valence-corrected chi connectivity index (χ1v) is 13.6. The van der Waals surface area contributed by atoms with Crippen LogP contribution in [0.15, 0.2) is 0 Å². The second-order valence-electron chi connectivity index (χ2n) is 9.02. The predicted octanol–water partition coefficient (Wildman–Crippen LogP) is 5.31. The van der Waals surface area contributed by atoms with Crippen LogP contribution < -0.4 is 5.32 Å². The van der Waals surface area contributed by atoms with E-state index in [9.17, 15) is 9.59 Å². The van der Waals surface area contributed by atoms with Crippen LogP contribution in [0.2, 0.25) is 0 Å². The van der Waals surface area contributed by atoms with Crippen LogP contribution in [-0.4, -0.2) is 60.0 Å². The van der Waals surface area contributed by atoms with Gasteiger partial charge in [-0.3, -0.25) is 4.79 Å². The number of carbonyl (C=O) groups excluding carboxylic acids is 2. The molecule has 0 saturated heterocycles. The van der Waals surface area contributed by atoms with E-state index in [1.165, 1.54) is 82.1 Å². The molecule has 34 heavy (non-hydrogen) atoms. The smallest absolute Gasteiger partial charge is 0.344 e. The largest absolute Gasteiger partial charge is 0.396 e. The normalized spacial score (nSPS) is 10.8. The number of rotatable bonds is 25. The van der Waals surface area contributed by atoms with Gasteiger partial charge in [-0.05, 0) is 19.3 Å². The quantitative estimate of drug-likeness (QED) is 0.114. The van der Waals surface area contributed by atoms with Crippen LogP contribution in [0.4, 0.5) is 0 Å². The lowest BCUT2D eigenvalue weighted by atomic mass is 10.0. The minimum atomic E-state index is -0.544. The molecule has 0 radical (unpaired) electrons. The van der Waals surface area contributed by atoms with Crippen LogP contribution in [0.25, 0.3) is 0 Å². The molecule has 0 aliphatic heterocycles. The first kappa shape index (κ1) is 35.3. The van der Waals surface area contributed by atoms with Gasteiger partial charge in [-0.15, -0.1) is 17.5 Å². The highest BCUT2D eigenvalue weighted by Gasteiger charge is 2.12. The minimum Gasteiger partial charge on any atom is -0.396 e. The molecule has 0 atom stereocenters. The molecule has 0 aliphatic carbocycles. The molecule has 0 heterocycles. The molecule has 7 nitrogen and oxygen atoms in total. The summed E-state index contributed by atoms with van der Waals surface area (Å²) < 4.78 is 0. The molecule has 0 rings (SSSR count). The number of hydrogen-bond acceptors (Lipinski definition) is 6. The van der Waals surface area contributed by atoms with E-state index in [0.717, 1.165) is 19.3 Å². The van der Waals surface area contributed by atoms with Crippen molar-refractivity contribution in [3.05, 3.63) is 0 Å². The Labute approximate surface area is 214 Å². The van der Waals surface area contributed by atoms with Crippen molar-refractivity contribution in [1.29, 1.82) is 0 Å². The van der Waals surface area contributed by atoms with E-state index in [2.05, 4.69) is 12.2 Å². The highest BCUT2D eigenvalue weighted by atomic mass is 35.5. The number of aliphatic hydroxyl groups excluding tert-OH is 2. The molecule has 0 aromatic heterocycles. The zero-order chi connectivity index (χ0) is 24.4. The molecule has 0 saturated carbocycles. The average Bonchev–Trinajstić information content (AvgIpc) is 2.80. The molecule has 0 aliphatic rings. The topological polar surface area (TPSA) is 99.1 Å². The number of aliphatic hydroxyl groups is 2. The van der Waals surface area contributed by atoms with Gasteiger partial charge >= 0.3 is 5.97 Å². The highest BCUT2D eigenvalue weighted by molar-refractivity contribution is 5.85. The summed E-state index contributed by atoms with van der Waals surface area (Å²) in [6.45, 7) is 2.70. The predicted molar refractivity (Wildman–Crippen MR) is 141 cm³/mol. The van der Waals surface area contributed by atoms with E-state index in [1.54, 1.807) is 0 Å². The fraction of sp³-hybridized carbons (Fsp3) is 0.923. The van der Waals surface area contributed by atoms with E-state index < -0.39 is 5.97 Å². The Hall–Kier alpha value is -0.890. The molecule has 0 unspecified atom stereocenters. The van der Waals surface area contributed by atoms with Crippen LogP contribution in [-0.2, 0) is 14.4 Å². The van der Waals surface area contributed by atoms with E-state index in [4.69, 9.17) is 15.1 Å². The third kappa shape index (κ3) is 25.7. The summed E-state index contributed by atoms with van der Waals surface area (Å²) in [6, 6.07) is 0. The lowest BCUT2D eigenvalue weighted by molar-refractivity contribution is -0.191. The van der Waals surface area contributed by atoms with Crippen molar-refractivity contribution in [2.45, 2.75) is 122 Å². The fourth-order valence-electron chi connectivity index (χ4n) is 3.81. The lowest BCUT2D eigenvalue weighted by Crippen LogP contribution is -2.37. The van der Waals surface area contributed by atoms with Gasteiger partial charge in [0.15, 0.2) is 0 Å². The van der Waals surface area contributed by atoms with E-state index in [0.29, 0.717) is 25.8 Å². The number of halogens is 1. The molecule has 0 aromatic rings. The Kier molecular flexibility index (Phi) is 29.4. The van der Waals surface area contributed by atoms with Gasteiger partial charge in [-0.2, -0.15) is 0 Å². The van der Waals surface area contributed by atoms with Gasteiger partial charge in [0.2, 0.25) is 5.91 Å². The van der Waals surface area contributed by atoms with Gasteiger partial charge in [-0.25, -0.2) is 4.79 Å². The maximum atomic E-state index is 11.9. The summed E-state index contributed by atoms with van der Waals surface area (Å²) in [5.41, 5.74) is 0. The third-order valence-corrected chi connectivity index (χ3v) is 5.83. The van der Waals surface area contributed by atoms with Crippen molar-refractivity contribution in [3.8, 4) is 0 Å². The van der Waals surface area contributed by atoms with E-state index >= 15 is 0 Å². The van der Waals surface area contributed by atoms with Crippen molar-refractivity contribution in [1.82, 2.24) is 10.4 Å². The van der Waals surface area contributed by atoms with Crippen LogP contribution in [0, 0.1) is 0 Å². The second kappa shape index (κ2) is 28.3. The van der Waals surface area contributed by atoms with Crippen molar-refractivity contribution >= 4 is 24.3 Å². The Morgan fingerprint density at radius 1 is 0.676 bits per heavy atom. The SMILES string of the molecule is CCCCCCCCCCCCCCCCCC(=O)NCC(=O)ON(CCO)CCCCO.Cl. The first-order valence-electron chi connectivity index (χ1n) is 13.6. The summed E-state index contributed by atoms with van der Waals surface area (Å²) >= 11 is 0. The zero-order valence-corrected chi connectivity index (χ0v) is 22.6. The van der Waals surface area contributed by atoms with Gasteiger partial charge in [0.25, 0.3) is 0 Å². The molecule has 0 bridgehead atoms. The van der Waals surface area contributed by atoms with Gasteiger partial charge in [0.05, 0.1) is 13.2 Å². The maximum Gasteiger partial charge on any atom is 0.344 e. The van der Waals surface area contributed by atoms with E-state index in [1.807, 2.05) is 0 Å². The van der Waals surface area contributed by atoms with Crippen LogP contribution >= 0.6 is 12.4 Å². The number of nitrogens with one attached hydrogen (secondary N) is 1. The van der Waals surface area contributed by atoms with Gasteiger partial charge in [-0.1, -0.05) is 96.8 Å². The molecular formula is C26H53ClN2O5. The fourth-order valence-corrected chi connectivity index (χ4v) is 3.81. The molecule has 8 heteroatoms. The monoisotopic (exact) mass is 508 g/mol. The van der Waals surface area contributed by atoms with E-state index in [-0.39, 0.29) is 44.6 Å². The number of hydroxylamine groups is 2. The lowest BCUT2D eigenvalue weighted by Gasteiger charge is -2.20. The van der Waals surface area contributed by atoms with Gasteiger partial charge in [0, 0.05) is 19.6 Å². The van der Waals surface area contributed by atoms with Gasteiger partial charge in [0.1, 0.15) is 6.54 Å². The number of unbranched alkanes of at least 4 members (excludes halogenated alkanes) is 15. The zero-order valence-electron chi connectivity index (χ0n) is 21.7. The summed E-state index contributed by atoms with van der Waals surface area (Å²) in [4.78, 5) is 28.9. The minimum absolute atomic E-state index is 0. The molecule has 204 valence electrons. The van der Waals surface area contributed by atoms with Crippen LogP contribution in [0.1, 0.15) is 122 Å². The van der Waals surface area contributed by atoms with Crippen molar-refractivity contribution in [2.24, 2.45) is 0 Å². The molecule has 1 amide bonds. The summed E-state index contributed by atoms with van der Waals surface area (Å²) in [5, 5.41) is 21.8. The second-order valence-corrected chi connectivity index (χ2v) is 9.02. The number of hydrogen-bond donors (Lipinski definition) is 3. The maximum absolute atomic E-state index is 11.9. The molecular weight excluding hydrogens is 456 g/mol. The van der Waals surface area contributed by atoms with Crippen molar-refractivity contribution in [2.75, 3.05) is 32.8 Å². The van der Waals surface area contributed by atoms with Gasteiger partial charge < -0.3 is 20.4 Å². The summed E-state index contributed by atoms with van der Waals surface area (Å²) in [7, 11) is 0. The molecule has 0 aromatic carbocycles. The molecule has 0 fully saturated rings. The molecule has 3 N–H and O–H groups in total. The summed E-state index contributed by atoms with van der Waals surface area (Å²) in [5.74, 6) is -0.673. The Bertz CT molecular complexity index is 455. The Morgan fingerprint density at radius 3 is 1.65 bits per heavy atom. The Morgan fingerprint density at radius 2 is 1.18 bits per heavy atom. The van der Waals surface area contributed by atoms with Crippen LogP contribution in [0.3, 0.4) is 0 Å². The number of carbonyl (C=O) groups is 2. The average molecular weight is 509 g/mol. The number of nitrogens with zero attached hydrogens (tertiary/aromatic N) is 1. The van der Waals surface area contributed by atoms with Crippen molar-refractivity contribution < 1.29 is 24.6 Å². The summed E-state index contributed by atoms with van der Waals surface area (Å²) in [6.07, 6.45) is 21.0. The Balaban J connectivity index is 0. The van der Waals surface area contributed by atoms with Crippen molar-refractivity contribution in [3.63, 3.8) is 0 Å². The third-order valence-electron chi connectivity index (χ3n) is 5.83. The van der Waals surface area contributed by atoms with Crippen LogP contribution in [0.5, 0.6) is 0 Å². The first-order chi connectivity index (χ1) is 16.1. The standard InChI is InChI=1S/C26H52N2O5.ClH/c1-2-3-4-5-6-7-8-9-10-11-12-13-14-15-16-19-25(31)27-24-26(32)33-28(21-23-30)20-17-18-22-29;/h29-30H,2-24H2,1H3,(H,27,31);1H. The molecule has 0 spiro atoms. The number of amides is 1.